The largest absolute Gasteiger partial charge is 0.492 e. The molecular weight excluding hydrogens is 398 g/mol. The standard InChI is InChI=1S/C21H22ClNO6/c1-10-17(21(26)27-4)11(2)23-18(10)19(24)12(3)29-20(25)14-7-13-8-15(22)5-6-16(13)28-9-14/h5-6,8,12,14,23H,7,9H2,1-4H3/t12-,14+/m0/s1. The van der Waals surface area contributed by atoms with Crippen LogP contribution in [0.2, 0.25) is 5.02 Å². The normalized spacial score (nSPS) is 16.4. The Morgan fingerprint density at radius 3 is 2.69 bits per heavy atom. The monoisotopic (exact) mass is 419 g/mol. The predicted octanol–water partition coefficient (Wildman–Crippen LogP) is 3.44. The van der Waals surface area contributed by atoms with Gasteiger partial charge in [-0.3, -0.25) is 9.59 Å². The summed E-state index contributed by atoms with van der Waals surface area (Å²) in [6.07, 6.45) is -0.603. The topological polar surface area (TPSA) is 94.7 Å². The third-order valence-corrected chi connectivity index (χ3v) is 5.23. The number of carbonyl (C=O) groups is 3. The first-order valence-electron chi connectivity index (χ1n) is 9.16. The van der Waals surface area contributed by atoms with Crippen LogP contribution in [0.5, 0.6) is 5.75 Å². The molecule has 29 heavy (non-hydrogen) atoms. The number of rotatable bonds is 5. The van der Waals surface area contributed by atoms with Crippen molar-refractivity contribution in [1.29, 1.82) is 0 Å². The molecule has 0 bridgehead atoms. The van der Waals surface area contributed by atoms with Crippen LogP contribution in [0.15, 0.2) is 18.2 Å². The van der Waals surface area contributed by atoms with Crippen LogP contribution in [-0.2, 0) is 20.7 Å². The molecular formula is C21H22ClNO6. The molecule has 154 valence electrons. The van der Waals surface area contributed by atoms with Crippen LogP contribution < -0.4 is 4.74 Å². The highest BCUT2D eigenvalue weighted by Crippen LogP contribution is 2.30. The number of methoxy groups -OCH3 is 1. The molecule has 1 aromatic carbocycles. The number of ether oxygens (including phenoxy) is 3. The number of hydrogen-bond acceptors (Lipinski definition) is 6. The number of aromatic amines is 1. The van der Waals surface area contributed by atoms with E-state index in [1.54, 1.807) is 32.0 Å². The molecule has 2 heterocycles. The molecule has 1 N–H and O–H groups in total. The van der Waals surface area contributed by atoms with E-state index in [1.807, 2.05) is 0 Å². The van der Waals surface area contributed by atoms with Gasteiger partial charge in [-0.05, 0) is 56.5 Å². The second kappa shape index (κ2) is 8.29. The summed E-state index contributed by atoms with van der Waals surface area (Å²) in [6.45, 7) is 4.99. The molecule has 1 aliphatic heterocycles. The maximum absolute atomic E-state index is 12.8. The van der Waals surface area contributed by atoms with Crippen molar-refractivity contribution in [1.82, 2.24) is 4.98 Å². The Balaban J connectivity index is 1.70. The van der Waals surface area contributed by atoms with E-state index in [4.69, 9.17) is 25.8 Å². The zero-order valence-electron chi connectivity index (χ0n) is 16.6. The zero-order valence-corrected chi connectivity index (χ0v) is 17.4. The molecule has 0 saturated heterocycles. The number of carbonyl (C=O) groups excluding carboxylic acids is 3. The van der Waals surface area contributed by atoms with Crippen molar-refractivity contribution in [2.75, 3.05) is 13.7 Å². The van der Waals surface area contributed by atoms with Gasteiger partial charge >= 0.3 is 11.9 Å². The average molecular weight is 420 g/mol. The number of Topliss-reactive ketones (excluding diaryl/α,β-unsaturated/α-hetero) is 1. The number of H-pyrrole nitrogens is 1. The number of halogens is 1. The van der Waals surface area contributed by atoms with Gasteiger partial charge in [-0.15, -0.1) is 0 Å². The fourth-order valence-electron chi connectivity index (χ4n) is 3.45. The molecule has 0 aliphatic carbocycles. The SMILES string of the molecule is COC(=O)c1c(C)[nH]c(C(=O)[C@H](C)OC(=O)[C@H]2COc3ccc(Cl)cc3C2)c1C. The fraction of sp³-hybridized carbons (Fsp3) is 0.381. The minimum atomic E-state index is -1.02. The van der Waals surface area contributed by atoms with Crippen molar-refractivity contribution in [2.24, 2.45) is 5.92 Å². The lowest BCUT2D eigenvalue weighted by atomic mass is 9.97. The average Bonchev–Trinajstić information content (AvgIpc) is 3.00. The third-order valence-electron chi connectivity index (χ3n) is 5.00. The molecule has 0 amide bonds. The number of nitrogens with one attached hydrogen (secondary N) is 1. The van der Waals surface area contributed by atoms with Gasteiger partial charge in [0, 0.05) is 10.7 Å². The van der Waals surface area contributed by atoms with Gasteiger partial charge in [0.2, 0.25) is 5.78 Å². The maximum Gasteiger partial charge on any atom is 0.339 e. The molecule has 3 rings (SSSR count). The van der Waals surface area contributed by atoms with E-state index in [1.165, 1.54) is 14.0 Å². The Kier molecular flexibility index (Phi) is 5.98. The summed E-state index contributed by atoms with van der Waals surface area (Å²) in [6, 6.07) is 5.24. The lowest BCUT2D eigenvalue weighted by molar-refractivity contribution is -0.152. The van der Waals surface area contributed by atoms with Gasteiger partial charge < -0.3 is 19.2 Å². The van der Waals surface area contributed by atoms with Crippen molar-refractivity contribution in [3.63, 3.8) is 0 Å². The highest BCUT2D eigenvalue weighted by atomic mass is 35.5. The van der Waals surface area contributed by atoms with Crippen molar-refractivity contribution < 1.29 is 28.6 Å². The lowest BCUT2D eigenvalue weighted by Crippen LogP contribution is -2.34. The first-order chi connectivity index (χ1) is 13.7. The Hall–Kier alpha value is -2.80. The number of hydrogen-bond donors (Lipinski definition) is 1. The summed E-state index contributed by atoms with van der Waals surface area (Å²) in [5.74, 6) is -1.32. The fourth-order valence-corrected chi connectivity index (χ4v) is 3.64. The molecule has 2 aromatic rings. The molecule has 0 saturated carbocycles. The first kappa shape index (κ1) is 20.9. The summed E-state index contributed by atoms with van der Waals surface area (Å²) in [5, 5.41) is 0.559. The van der Waals surface area contributed by atoms with Gasteiger partial charge in [0.15, 0.2) is 6.10 Å². The minimum Gasteiger partial charge on any atom is -0.492 e. The highest BCUT2D eigenvalue weighted by Gasteiger charge is 2.32. The van der Waals surface area contributed by atoms with E-state index < -0.39 is 29.7 Å². The van der Waals surface area contributed by atoms with Crippen LogP contribution >= 0.6 is 11.6 Å². The molecule has 1 aliphatic rings. The van der Waals surface area contributed by atoms with Crippen molar-refractivity contribution in [3.05, 3.63) is 51.3 Å². The van der Waals surface area contributed by atoms with Gasteiger partial charge in [0.05, 0.1) is 24.3 Å². The maximum atomic E-state index is 12.8. The quantitative estimate of drug-likeness (QED) is 0.589. The van der Waals surface area contributed by atoms with Gasteiger partial charge in [0.1, 0.15) is 12.4 Å². The minimum absolute atomic E-state index is 0.168. The Labute approximate surface area is 173 Å². The van der Waals surface area contributed by atoms with E-state index >= 15 is 0 Å². The van der Waals surface area contributed by atoms with E-state index in [9.17, 15) is 14.4 Å². The number of ketones is 1. The van der Waals surface area contributed by atoms with Crippen LogP contribution in [0.4, 0.5) is 0 Å². The molecule has 2 atom stereocenters. The van der Waals surface area contributed by atoms with Gasteiger partial charge in [-0.1, -0.05) is 11.6 Å². The van der Waals surface area contributed by atoms with Crippen LogP contribution in [0.25, 0.3) is 0 Å². The van der Waals surface area contributed by atoms with Gasteiger partial charge in [0.25, 0.3) is 0 Å². The molecule has 7 nitrogen and oxygen atoms in total. The number of esters is 2. The summed E-state index contributed by atoms with van der Waals surface area (Å²) >= 11 is 6.01. The molecule has 1 aromatic heterocycles. The second-order valence-electron chi connectivity index (χ2n) is 7.02. The smallest absolute Gasteiger partial charge is 0.339 e. The third kappa shape index (κ3) is 4.15. The first-order valence-corrected chi connectivity index (χ1v) is 9.54. The van der Waals surface area contributed by atoms with Crippen molar-refractivity contribution in [3.8, 4) is 5.75 Å². The molecule has 8 heteroatoms. The summed E-state index contributed by atoms with van der Waals surface area (Å²) in [7, 11) is 1.28. The molecule has 0 spiro atoms. The Bertz CT molecular complexity index is 980. The zero-order chi connectivity index (χ0) is 21.3. The number of benzene rings is 1. The number of fused-ring (bicyclic) bond motifs is 1. The summed E-state index contributed by atoms with van der Waals surface area (Å²) in [4.78, 5) is 40.2. The number of aromatic nitrogens is 1. The van der Waals surface area contributed by atoms with E-state index in [0.717, 1.165) is 5.56 Å². The van der Waals surface area contributed by atoms with E-state index in [0.29, 0.717) is 34.0 Å². The summed E-state index contributed by atoms with van der Waals surface area (Å²) < 4.78 is 15.8. The summed E-state index contributed by atoms with van der Waals surface area (Å²) in [5.41, 5.74) is 2.34. The van der Waals surface area contributed by atoms with Crippen LogP contribution in [0.3, 0.4) is 0 Å². The van der Waals surface area contributed by atoms with Gasteiger partial charge in [-0.2, -0.15) is 0 Å². The van der Waals surface area contributed by atoms with Crippen LogP contribution in [0.1, 0.15) is 44.6 Å². The van der Waals surface area contributed by atoms with Crippen molar-refractivity contribution in [2.45, 2.75) is 33.3 Å². The van der Waals surface area contributed by atoms with Crippen molar-refractivity contribution >= 4 is 29.3 Å². The number of aryl methyl sites for hydroxylation is 1. The Morgan fingerprint density at radius 1 is 1.28 bits per heavy atom. The molecule has 0 unspecified atom stereocenters. The molecule has 0 radical (unpaired) electrons. The second-order valence-corrected chi connectivity index (χ2v) is 7.46. The van der Waals surface area contributed by atoms with Crippen LogP contribution in [-0.4, -0.2) is 42.5 Å². The van der Waals surface area contributed by atoms with E-state index in [2.05, 4.69) is 4.98 Å². The van der Waals surface area contributed by atoms with Crippen LogP contribution in [0, 0.1) is 19.8 Å². The van der Waals surface area contributed by atoms with Gasteiger partial charge in [-0.25, -0.2) is 4.79 Å². The predicted molar refractivity (Wildman–Crippen MR) is 106 cm³/mol. The molecule has 0 fully saturated rings. The highest BCUT2D eigenvalue weighted by molar-refractivity contribution is 6.30. The van der Waals surface area contributed by atoms with E-state index in [-0.39, 0.29) is 12.3 Å². The lowest BCUT2D eigenvalue weighted by Gasteiger charge is -2.25. The Morgan fingerprint density at radius 2 is 2.00 bits per heavy atom.